The first-order valence-electron chi connectivity index (χ1n) is 9.47. The number of hydrogen-bond donors (Lipinski definition) is 3. The molecule has 29 heavy (non-hydrogen) atoms. The molecule has 150 valence electrons. The van der Waals surface area contributed by atoms with Crippen molar-refractivity contribution in [2.75, 3.05) is 0 Å². The van der Waals surface area contributed by atoms with Gasteiger partial charge in [0.1, 0.15) is 0 Å². The molecule has 2 amide bonds. The van der Waals surface area contributed by atoms with E-state index >= 15 is 0 Å². The maximum atomic E-state index is 12.4. The number of aromatic amines is 1. The number of nitrogens with zero attached hydrogens (tertiary/aromatic N) is 1. The van der Waals surface area contributed by atoms with E-state index in [2.05, 4.69) is 15.8 Å². The van der Waals surface area contributed by atoms with E-state index in [1.807, 2.05) is 6.07 Å². The molecule has 8 nitrogen and oxygen atoms in total. The molecule has 0 saturated carbocycles. The Bertz CT molecular complexity index is 1210. The van der Waals surface area contributed by atoms with Gasteiger partial charge in [0, 0.05) is 17.0 Å². The molecule has 0 saturated heterocycles. The normalized spacial score (nSPS) is 13.1. The van der Waals surface area contributed by atoms with E-state index in [9.17, 15) is 19.2 Å². The second kappa shape index (κ2) is 7.67. The van der Waals surface area contributed by atoms with Crippen LogP contribution in [0.4, 0.5) is 0 Å². The van der Waals surface area contributed by atoms with E-state index in [4.69, 9.17) is 0 Å². The zero-order valence-corrected chi connectivity index (χ0v) is 16.6. The maximum absolute atomic E-state index is 12.4. The zero-order chi connectivity index (χ0) is 20.5. The lowest BCUT2D eigenvalue weighted by molar-refractivity contribution is 0.0849. The molecule has 0 spiro atoms. The highest BCUT2D eigenvalue weighted by Crippen LogP contribution is 2.29. The van der Waals surface area contributed by atoms with Crippen molar-refractivity contribution in [3.05, 3.63) is 65.9 Å². The number of fused-ring (bicyclic) bond motifs is 2. The van der Waals surface area contributed by atoms with Crippen molar-refractivity contribution in [2.45, 2.75) is 39.2 Å². The van der Waals surface area contributed by atoms with Crippen LogP contribution in [0.25, 0.3) is 11.0 Å². The largest absolute Gasteiger partial charge is 0.316 e. The standard InChI is InChI=1S/C20H20N4O4S/c1-2-24-14-8-7-12(9-13(14)21-19(27)20(24)28)17(25)22-23-18(26)16-10-11-5-3-4-6-15(11)29-16/h7-10H,2-6H2,1H3,(H,21,27)(H,22,25)(H,23,26). The summed E-state index contributed by atoms with van der Waals surface area (Å²) < 4.78 is 1.34. The van der Waals surface area contributed by atoms with Gasteiger partial charge in [-0.05, 0) is 62.4 Å². The molecule has 3 aromatic rings. The Labute approximate surface area is 169 Å². The molecule has 3 N–H and O–H groups in total. The van der Waals surface area contributed by atoms with Gasteiger partial charge in [-0.25, -0.2) is 0 Å². The number of rotatable bonds is 3. The third-order valence-corrected chi connectivity index (χ3v) is 6.30. The van der Waals surface area contributed by atoms with Crippen molar-refractivity contribution in [3.8, 4) is 0 Å². The van der Waals surface area contributed by atoms with Crippen LogP contribution in [-0.2, 0) is 19.4 Å². The number of thiophene rings is 1. The second-order valence-electron chi connectivity index (χ2n) is 6.91. The van der Waals surface area contributed by atoms with E-state index in [0.29, 0.717) is 22.5 Å². The summed E-state index contributed by atoms with van der Waals surface area (Å²) in [6.07, 6.45) is 4.26. The molecule has 0 unspecified atom stereocenters. The number of amides is 2. The molecule has 2 heterocycles. The Morgan fingerprint density at radius 3 is 2.62 bits per heavy atom. The summed E-state index contributed by atoms with van der Waals surface area (Å²) in [4.78, 5) is 52.8. The van der Waals surface area contributed by atoms with Crippen LogP contribution in [0.15, 0.2) is 33.9 Å². The highest BCUT2D eigenvalue weighted by Gasteiger charge is 2.18. The number of hydrogen-bond acceptors (Lipinski definition) is 5. The molecule has 1 aliphatic carbocycles. The summed E-state index contributed by atoms with van der Waals surface area (Å²) >= 11 is 1.46. The molecular weight excluding hydrogens is 392 g/mol. The third kappa shape index (κ3) is 3.61. The lowest BCUT2D eigenvalue weighted by Gasteiger charge is -2.09. The van der Waals surface area contributed by atoms with E-state index in [-0.39, 0.29) is 11.5 Å². The van der Waals surface area contributed by atoms with Crippen molar-refractivity contribution in [1.82, 2.24) is 20.4 Å². The van der Waals surface area contributed by atoms with Crippen molar-refractivity contribution in [2.24, 2.45) is 0 Å². The van der Waals surface area contributed by atoms with Gasteiger partial charge >= 0.3 is 11.1 Å². The molecule has 0 radical (unpaired) electrons. The van der Waals surface area contributed by atoms with E-state index in [1.54, 1.807) is 13.0 Å². The highest BCUT2D eigenvalue weighted by atomic mass is 32.1. The first kappa shape index (κ1) is 19.1. The monoisotopic (exact) mass is 412 g/mol. The van der Waals surface area contributed by atoms with Crippen LogP contribution in [0.2, 0.25) is 0 Å². The minimum atomic E-state index is -0.744. The number of aryl methyl sites for hydroxylation is 3. The predicted molar refractivity (Wildman–Crippen MR) is 110 cm³/mol. The number of H-pyrrole nitrogens is 1. The summed E-state index contributed by atoms with van der Waals surface area (Å²) in [5.74, 6) is -0.872. The van der Waals surface area contributed by atoms with Crippen LogP contribution in [0, 0.1) is 0 Å². The molecule has 1 aliphatic rings. The average molecular weight is 412 g/mol. The molecule has 0 fully saturated rings. The third-order valence-electron chi connectivity index (χ3n) is 5.06. The number of aromatic nitrogens is 2. The molecule has 2 aromatic heterocycles. The van der Waals surface area contributed by atoms with Gasteiger partial charge in [-0.2, -0.15) is 0 Å². The van der Waals surface area contributed by atoms with Gasteiger partial charge < -0.3 is 9.55 Å². The Hall–Kier alpha value is -3.20. The van der Waals surface area contributed by atoms with Crippen LogP contribution in [0.3, 0.4) is 0 Å². The molecule has 9 heteroatoms. The van der Waals surface area contributed by atoms with E-state index < -0.39 is 17.0 Å². The quantitative estimate of drug-likeness (QED) is 0.449. The molecule has 0 bridgehead atoms. The summed E-state index contributed by atoms with van der Waals surface area (Å²) in [6.45, 7) is 2.10. The van der Waals surface area contributed by atoms with Gasteiger partial charge in [-0.1, -0.05) is 0 Å². The van der Waals surface area contributed by atoms with Gasteiger partial charge in [0.05, 0.1) is 15.9 Å². The van der Waals surface area contributed by atoms with E-state index in [0.717, 1.165) is 25.7 Å². The fourth-order valence-corrected chi connectivity index (χ4v) is 4.73. The van der Waals surface area contributed by atoms with E-state index in [1.165, 1.54) is 38.5 Å². The average Bonchev–Trinajstić information content (AvgIpc) is 3.17. The molecular formula is C20H20N4O4S. The van der Waals surface area contributed by atoms with Crippen LogP contribution >= 0.6 is 11.3 Å². The predicted octanol–water partition coefficient (Wildman–Crippen LogP) is 1.72. The van der Waals surface area contributed by atoms with Gasteiger partial charge in [-0.3, -0.25) is 30.0 Å². The summed E-state index contributed by atoms with van der Waals surface area (Å²) in [7, 11) is 0. The van der Waals surface area contributed by atoms with Crippen LogP contribution in [0.5, 0.6) is 0 Å². The van der Waals surface area contributed by atoms with Crippen molar-refractivity contribution in [1.29, 1.82) is 0 Å². The Morgan fingerprint density at radius 1 is 1.10 bits per heavy atom. The lowest BCUT2D eigenvalue weighted by atomic mass is 9.99. The molecule has 4 rings (SSSR count). The second-order valence-corrected chi connectivity index (χ2v) is 8.05. The van der Waals surface area contributed by atoms with Crippen molar-refractivity contribution in [3.63, 3.8) is 0 Å². The topological polar surface area (TPSA) is 113 Å². The van der Waals surface area contributed by atoms with Crippen LogP contribution < -0.4 is 22.0 Å². The summed E-state index contributed by atoms with van der Waals surface area (Å²) in [6, 6.07) is 6.51. The van der Waals surface area contributed by atoms with Gasteiger partial charge in [0.2, 0.25) is 0 Å². The first-order chi connectivity index (χ1) is 14.0. The van der Waals surface area contributed by atoms with Gasteiger partial charge in [0.25, 0.3) is 11.8 Å². The smallest absolute Gasteiger partial charge is 0.316 e. The van der Waals surface area contributed by atoms with Crippen molar-refractivity contribution >= 4 is 34.2 Å². The molecule has 0 aliphatic heterocycles. The SMILES string of the molecule is CCn1c(=O)c(=O)[nH]c2cc(C(=O)NNC(=O)c3cc4c(s3)CCCC4)ccc21. The Morgan fingerprint density at radius 2 is 1.86 bits per heavy atom. The number of carbonyl (C=O) groups is 2. The zero-order valence-electron chi connectivity index (χ0n) is 15.8. The number of benzene rings is 1. The first-order valence-corrected chi connectivity index (χ1v) is 10.3. The Kier molecular flexibility index (Phi) is 5.06. The number of carbonyl (C=O) groups excluding carboxylic acids is 2. The van der Waals surface area contributed by atoms with Crippen LogP contribution in [-0.4, -0.2) is 21.4 Å². The summed E-state index contributed by atoms with van der Waals surface area (Å²) in [5, 5.41) is 0. The number of hydrazine groups is 1. The minimum absolute atomic E-state index is 0.250. The minimum Gasteiger partial charge on any atom is -0.316 e. The fourth-order valence-electron chi connectivity index (χ4n) is 3.58. The molecule has 1 aromatic carbocycles. The van der Waals surface area contributed by atoms with Crippen LogP contribution in [0.1, 0.15) is 50.2 Å². The maximum Gasteiger partial charge on any atom is 0.316 e. The molecule has 0 atom stereocenters. The van der Waals surface area contributed by atoms with Crippen molar-refractivity contribution < 1.29 is 9.59 Å². The van der Waals surface area contributed by atoms with Gasteiger partial charge in [-0.15, -0.1) is 11.3 Å². The fraction of sp³-hybridized carbons (Fsp3) is 0.300. The van der Waals surface area contributed by atoms with Gasteiger partial charge in [0.15, 0.2) is 0 Å². The Balaban J connectivity index is 1.51. The number of nitrogens with one attached hydrogen (secondary N) is 3. The summed E-state index contributed by atoms with van der Waals surface area (Å²) in [5.41, 5.74) is 5.84. The lowest BCUT2D eigenvalue weighted by Crippen LogP contribution is -2.41. The highest BCUT2D eigenvalue weighted by molar-refractivity contribution is 7.14.